The first-order valence-electron chi connectivity index (χ1n) is 8.47. The summed E-state index contributed by atoms with van der Waals surface area (Å²) in [4.78, 5) is 2.71. The summed E-state index contributed by atoms with van der Waals surface area (Å²) in [6.45, 7) is 12.8. The minimum absolute atomic E-state index is 0.622. The topological polar surface area (TPSA) is 33.1 Å². The molecule has 1 aromatic heterocycles. The Morgan fingerprint density at radius 1 is 1.38 bits per heavy atom. The summed E-state index contributed by atoms with van der Waals surface area (Å²) in [6, 6.07) is 3.43. The van der Waals surface area contributed by atoms with E-state index in [-0.39, 0.29) is 0 Å². The van der Waals surface area contributed by atoms with Crippen molar-refractivity contribution in [1.82, 2.24) is 20.0 Å². The van der Waals surface area contributed by atoms with Gasteiger partial charge in [-0.2, -0.15) is 5.10 Å². The van der Waals surface area contributed by atoms with Crippen molar-refractivity contribution in [2.45, 2.75) is 52.6 Å². The van der Waals surface area contributed by atoms with Crippen molar-refractivity contribution in [3.63, 3.8) is 0 Å². The zero-order valence-electron chi connectivity index (χ0n) is 14.3. The second-order valence-corrected chi connectivity index (χ2v) is 6.90. The van der Waals surface area contributed by atoms with E-state index in [0.29, 0.717) is 18.0 Å². The fourth-order valence-electron chi connectivity index (χ4n) is 3.30. The Bertz CT molecular complexity index is 426. The van der Waals surface area contributed by atoms with E-state index in [1.165, 1.54) is 18.7 Å². The van der Waals surface area contributed by atoms with Crippen LogP contribution in [0.2, 0.25) is 0 Å². The summed E-state index contributed by atoms with van der Waals surface area (Å²) < 4.78 is 2.00. The van der Waals surface area contributed by atoms with Crippen LogP contribution in [0.25, 0.3) is 0 Å². The van der Waals surface area contributed by atoms with E-state index in [4.69, 9.17) is 0 Å². The van der Waals surface area contributed by atoms with E-state index in [0.717, 1.165) is 25.4 Å². The fourth-order valence-corrected chi connectivity index (χ4v) is 3.30. The van der Waals surface area contributed by atoms with E-state index in [1.807, 2.05) is 17.9 Å². The van der Waals surface area contributed by atoms with Crippen LogP contribution in [-0.4, -0.2) is 46.4 Å². The third kappa shape index (κ3) is 4.07. The summed E-state index contributed by atoms with van der Waals surface area (Å²) in [7, 11) is 2.04. The normalized spacial score (nSPS) is 25.4. The van der Waals surface area contributed by atoms with Crippen molar-refractivity contribution in [3.05, 3.63) is 18.0 Å². The van der Waals surface area contributed by atoms with E-state index in [1.54, 1.807) is 0 Å². The monoisotopic (exact) mass is 292 g/mol. The maximum absolute atomic E-state index is 4.28. The van der Waals surface area contributed by atoms with Gasteiger partial charge in [0.25, 0.3) is 0 Å². The molecule has 0 saturated carbocycles. The van der Waals surface area contributed by atoms with Gasteiger partial charge in [-0.15, -0.1) is 0 Å². The van der Waals surface area contributed by atoms with Crippen molar-refractivity contribution in [2.24, 2.45) is 18.9 Å². The first-order valence-corrected chi connectivity index (χ1v) is 8.47. The smallest absolute Gasteiger partial charge is 0.0492 e. The lowest BCUT2D eigenvalue weighted by Crippen LogP contribution is -2.60. The largest absolute Gasteiger partial charge is 0.311 e. The Morgan fingerprint density at radius 3 is 2.71 bits per heavy atom. The lowest BCUT2D eigenvalue weighted by Gasteiger charge is -2.44. The van der Waals surface area contributed by atoms with Crippen LogP contribution in [0.4, 0.5) is 0 Å². The zero-order valence-corrected chi connectivity index (χ0v) is 14.3. The van der Waals surface area contributed by atoms with Crippen molar-refractivity contribution in [1.29, 1.82) is 0 Å². The highest BCUT2D eigenvalue weighted by molar-refractivity contribution is 5.01. The van der Waals surface area contributed by atoms with Gasteiger partial charge in [0.1, 0.15) is 0 Å². The van der Waals surface area contributed by atoms with Crippen LogP contribution in [-0.2, 0) is 13.5 Å². The molecule has 1 saturated heterocycles. The molecule has 4 heteroatoms. The molecular formula is C17H32N4. The van der Waals surface area contributed by atoms with E-state index in [2.05, 4.69) is 49.1 Å². The van der Waals surface area contributed by atoms with Gasteiger partial charge in [0.2, 0.25) is 0 Å². The van der Waals surface area contributed by atoms with Gasteiger partial charge in [-0.3, -0.25) is 9.58 Å². The molecule has 0 spiro atoms. The Morgan fingerprint density at radius 2 is 2.14 bits per heavy atom. The van der Waals surface area contributed by atoms with Gasteiger partial charge in [0, 0.05) is 57.1 Å². The number of piperazine rings is 1. The van der Waals surface area contributed by atoms with E-state index in [9.17, 15) is 0 Å². The van der Waals surface area contributed by atoms with Gasteiger partial charge in [-0.1, -0.05) is 34.1 Å². The average Bonchev–Trinajstić information content (AvgIpc) is 2.89. The number of hydrogen-bond acceptors (Lipinski definition) is 3. The Labute approximate surface area is 129 Å². The van der Waals surface area contributed by atoms with Crippen LogP contribution < -0.4 is 5.32 Å². The number of hydrogen-bond donors (Lipinski definition) is 1. The number of rotatable bonds is 6. The summed E-state index contributed by atoms with van der Waals surface area (Å²) in [5.41, 5.74) is 1.33. The highest BCUT2D eigenvalue weighted by Gasteiger charge is 2.31. The molecule has 0 aliphatic carbocycles. The molecule has 120 valence electrons. The third-order valence-electron chi connectivity index (χ3n) is 5.17. The van der Waals surface area contributed by atoms with Crippen LogP contribution >= 0.6 is 0 Å². The molecule has 2 heterocycles. The molecule has 1 aromatic rings. The first kappa shape index (κ1) is 16.5. The van der Waals surface area contributed by atoms with Crippen molar-refractivity contribution in [3.8, 4) is 0 Å². The quantitative estimate of drug-likeness (QED) is 0.873. The van der Waals surface area contributed by atoms with Crippen molar-refractivity contribution >= 4 is 0 Å². The van der Waals surface area contributed by atoms with Crippen LogP contribution in [0.5, 0.6) is 0 Å². The van der Waals surface area contributed by atoms with Crippen molar-refractivity contribution in [2.75, 3.05) is 19.6 Å². The summed E-state index contributed by atoms with van der Waals surface area (Å²) >= 11 is 0. The minimum Gasteiger partial charge on any atom is -0.311 e. The van der Waals surface area contributed by atoms with E-state index >= 15 is 0 Å². The lowest BCUT2D eigenvalue weighted by molar-refractivity contribution is 0.0796. The maximum Gasteiger partial charge on any atom is 0.0492 e. The van der Waals surface area contributed by atoms with Gasteiger partial charge < -0.3 is 5.32 Å². The SMILES string of the molecule is CCC(C)C1CNC(C(C)C)CN1CCc1ccnn1C. The second-order valence-electron chi connectivity index (χ2n) is 6.90. The summed E-state index contributed by atoms with van der Waals surface area (Å²) in [5.74, 6) is 1.44. The number of aromatic nitrogens is 2. The zero-order chi connectivity index (χ0) is 15.4. The molecule has 1 aliphatic rings. The molecule has 4 nitrogen and oxygen atoms in total. The molecule has 21 heavy (non-hydrogen) atoms. The predicted octanol–water partition coefficient (Wildman–Crippen LogP) is 2.31. The van der Waals surface area contributed by atoms with E-state index < -0.39 is 0 Å². The molecule has 3 unspecified atom stereocenters. The second kappa shape index (κ2) is 7.41. The lowest BCUT2D eigenvalue weighted by atomic mass is 9.91. The van der Waals surface area contributed by atoms with Crippen LogP contribution in [0, 0.1) is 11.8 Å². The number of aryl methyl sites for hydroxylation is 1. The van der Waals surface area contributed by atoms with Gasteiger partial charge in [0.05, 0.1) is 0 Å². The standard InChI is InChI=1S/C17H32N4/c1-6-14(4)17-11-18-16(13(2)3)12-21(17)10-8-15-7-9-19-20(15)5/h7,9,13-14,16-18H,6,8,10-12H2,1-5H3. The van der Waals surface area contributed by atoms with Gasteiger partial charge in [0.15, 0.2) is 0 Å². The fraction of sp³-hybridized carbons (Fsp3) is 0.824. The molecular weight excluding hydrogens is 260 g/mol. The minimum atomic E-state index is 0.622. The molecule has 0 amide bonds. The molecule has 0 aromatic carbocycles. The molecule has 1 fully saturated rings. The maximum atomic E-state index is 4.28. The Hall–Kier alpha value is -0.870. The Kier molecular flexibility index (Phi) is 5.82. The number of nitrogens with zero attached hydrogens (tertiary/aromatic N) is 3. The van der Waals surface area contributed by atoms with Crippen LogP contribution in [0.15, 0.2) is 12.3 Å². The van der Waals surface area contributed by atoms with Gasteiger partial charge in [-0.25, -0.2) is 0 Å². The van der Waals surface area contributed by atoms with Gasteiger partial charge in [-0.05, 0) is 17.9 Å². The summed E-state index contributed by atoms with van der Waals surface area (Å²) in [5, 5.41) is 8.04. The molecule has 3 atom stereocenters. The summed E-state index contributed by atoms with van der Waals surface area (Å²) in [6.07, 6.45) is 4.24. The first-order chi connectivity index (χ1) is 10.0. The molecule has 0 bridgehead atoms. The molecule has 1 N–H and O–H groups in total. The highest BCUT2D eigenvalue weighted by atomic mass is 15.3. The van der Waals surface area contributed by atoms with Crippen molar-refractivity contribution < 1.29 is 0 Å². The van der Waals surface area contributed by atoms with Gasteiger partial charge >= 0.3 is 0 Å². The Balaban J connectivity index is 2.00. The predicted molar refractivity (Wildman–Crippen MR) is 88.4 cm³/mol. The third-order valence-corrected chi connectivity index (χ3v) is 5.17. The van der Waals surface area contributed by atoms with Crippen LogP contribution in [0.1, 0.15) is 39.8 Å². The molecule has 0 radical (unpaired) electrons. The van der Waals surface area contributed by atoms with Crippen LogP contribution in [0.3, 0.4) is 0 Å². The average molecular weight is 292 g/mol. The molecule has 2 rings (SSSR count). The molecule has 1 aliphatic heterocycles. The highest BCUT2D eigenvalue weighted by Crippen LogP contribution is 2.21. The number of nitrogens with one attached hydrogen (secondary N) is 1.